The fraction of sp³-hybridized carbons (Fsp3) is 0.667. The second-order valence-corrected chi connectivity index (χ2v) is 6.91. The van der Waals surface area contributed by atoms with Gasteiger partial charge in [-0.25, -0.2) is 0 Å². The summed E-state index contributed by atoms with van der Waals surface area (Å²) in [5.74, 6) is 2.35. The minimum atomic E-state index is 0.451. The standard InChI is InChI=1S/C18H32N2S/c1-7-20(8-2)9-10-21-13-17(19-6)18-15(4)11-14(3)12-16(18)5/h11-12,17,19H,7-10,13H2,1-6H3. The smallest absolute Gasteiger partial charge is 0.0414 e. The number of benzene rings is 1. The van der Waals surface area contributed by atoms with E-state index in [0.29, 0.717) is 6.04 Å². The van der Waals surface area contributed by atoms with Crippen LogP contribution >= 0.6 is 11.8 Å². The molecule has 1 aromatic carbocycles. The molecule has 0 aliphatic heterocycles. The molecule has 0 radical (unpaired) electrons. The molecular weight excluding hydrogens is 276 g/mol. The maximum atomic E-state index is 3.50. The van der Waals surface area contributed by atoms with Crippen LogP contribution in [0, 0.1) is 20.8 Å². The molecule has 0 spiro atoms. The first-order valence-electron chi connectivity index (χ1n) is 8.08. The normalized spacial score (nSPS) is 12.9. The molecule has 0 aliphatic rings. The van der Waals surface area contributed by atoms with E-state index in [1.54, 1.807) is 0 Å². The SMILES string of the molecule is CCN(CC)CCSCC(NC)c1c(C)cc(C)cc1C. The molecule has 0 fully saturated rings. The molecule has 1 aromatic rings. The Morgan fingerprint density at radius 3 is 2.14 bits per heavy atom. The maximum Gasteiger partial charge on any atom is 0.0414 e. The number of aryl methyl sites for hydroxylation is 3. The van der Waals surface area contributed by atoms with Crippen LogP contribution < -0.4 is 5.32 Å². The van der Waals surface area contributed by atoms with Gasteiger partial charge < -0.3 is 10.2 Å². The molecule has 0 aromatic heterocycles. The first-order valence-corrected chi connectivity index (χ1v) is 9.24. The lowest BCUT2D eigenvalue weighted by Crippen LogP contribution is -2.26. The van der Waals surface area contributed by atoms with Crippen LogP contribution in [0.1, 0.15) is 42.1 Å². The van der Waals surface area contributed by atoms with Crippen molar-refractivity contribution >= 4 is 11.8 Å². The molecule has 0 heterocycles. The molecule has 1 atom stereocenters. The Hall–Kier alpha value is -0.510. The Morgan fingerprint density at radius 1 is 1.10 bits per heavy atom. The van der Waals surface area contributed by atoms with E-state index in [2.05, 4.69) is 75.8 Å². The summed E-state index contributed by atoms with van der Waals surface area (Å²) in [6.07, 6.45) is 0. The topological polar surface area (TPSA) is 15.3 Å². The van der Waals surface area contributed by atoms with Crippen LogP contribution in [0.15, 0.2) is 12.1 Å². The van der Waals surface area contributed by atoms with E-state index in [-0.39, 0.29) is 0 Å². The van der Waals surface area contributed by atoms with Gasteiger partial charge in [-0.2, -0.15) is 11.8 Å². The van der Waals surface area contributed by atoms with Gasteiger partial charge in [0.1, 0.15) is 0 Å². The molecule has 0 saturated carbocycles. The summed E-state index contributed by atoms with van der Waals surface area (Å²) in [6.45, 7) is 14.6. The van der Waals surface area contributed by atoms with E-state index >= 15 is 0 Å². The van der Waals surface area contributed by atoms with Crippen molar-refractivity contribution < 1.29 is 0 Å². The number of thioether (sulfide) groups is 1. The van der Waals surface area contributed by atoms with Gasteiger partial charge in [0, 0.05) is 24.1 Å². The molecule has 0 bridgehead atoms. The van der Waals surface area contributed by atoms with E-state index in [0.717, 1.165) is 18.8 Å². The first kappa shape index (κ1) is 18.5. The molecule has 0 amide bonds. The van der Waals surface area contributed by atoms with Crippen LogP contribution in [-0.2, 0) is 0 Å². The number of hydrogen-bond acceptors (Lipinski definition) is 3. The molecule has 0 aliphatic carbocycles. The van der Waals surface area contributed by atoms with Gasteiger partial charge >= 0.3 is 0 Å². The summed E-state index contributed by atoms with van der Waals surface area (Å²) < 4.78 is 0. The van der Waals surface area contributed by atoms with Crippen LogP contribution in [0.3, 0.4) is 0 Å². The Bertz CT molecular complexity index is 404. The zero-order valence-electron chi connectivity index (χ0n) is 14.6. The third-order valence-electron chi connectivity index (χ3n) is 4.17. The van der Waals surface area contributed by atoms with Crippen molar-refractivity contribution in [1.82, 2.24) is 10.2 Å². The van der Waals surface area contributed by atoms with Crippen molar-refractivity contribution in [1.29, 1.82) is 0 Å². The second-order valence-electron chi connectivity index (χ2n) is 5.76. The Balaban J connectivity index is 2.60. The summed E-state index contributed by atoms with van der Waals surface area (Å²) in [6, 6.07) is 5.05. The van der Waals surface area contributed by atoms with Crippen molar-refractivity contribution in [3.05, 3.63) is 34.4 Å². The van der Waals surface area contributed by atoms with Crippen molar-refractivity contribution in [2.45, 2.75) is 40.7 Å². The molecule has 2 nitrogen and oxygen atoms in total. The summed E-state index contributed by atoms with van der Waals surface area (Å²) in [5, 5.41) is 3.50. The van der Waals surface area contributed by atoms with E-state index in [1.807, 2.05) is 0 Å². The summed E-state index contributed by atoms with van der Waals surface area (Å²) in [5.41, 5.74) is 5.67. The lowest BCUT2D eigenvalue weighted by molar-refractivity contribution is 0.324. The minimum absolute atomic E-state index is 0.451. The van der Waals surface area contributed by atoms with Gasteiger partial charge in [0.2, 0.25) is 0 Å². The van der Waals surface area contributed by atoms with Gasteiger partial charge in [-0.1, -0.05) is 31.5 Å². The third-order valence-corrected chi connectivity index (χ3v) is 5.21. The average Bonchev–Trinajstić information content (AvgIpc) is 2.44. The molecule has 120 valence electrons. The highest BCUT2D eigenvalue weighted by Gasteiger charge is 2.15. The average molecular weight is 309 g/mol. The Morgan fingerprint density at radius 2 is 1.67 bits per heavy atom. The van der Waals surface area contributed by atoms with E-state index in [1.165, 1.54) is 34.6 Å². The van der Waals surface area contributed by atoms with Gasteiger partial charge in [0.15, 0.2) is 0 Å². The van der Waals surface area contributed by atoms with Gasteiger partial charge in [0.05, 0.1) is 0 Å². The fourth-order valence-corrected chi connectivity index (χ4v) is 4.11. The predicted octanol–water partition coefficient (Wildman–Crippen LogP) is 3.95. The van der Waals surface area contributed by atoms with Crippen LogP contribution in [0.5, 0.6) is 0 Å². The largest absolute Gasteiger partial charge is 0.312 e. The van der Waals surface area contributed by atoms with Crippen LogP contribution in [0.2, 0.25) is 0 Å². The quantitative estimate of drug-likeness (QED) is 0.696. The number of nitrogens with one attached hydrogen (secondary N) is 1. The Kier molecular flexibility index (Phi) is 8.38. The maximum absolute atomic E-state index is 3.50. The fourth-order valence-electron chi connectivity index (χ4n) is 2.99. The van der Waals surface area contributed by atoms with Crippen molar-refractivity contribution in [2.24, 2.45) is 0 Å². The zero-order valence-corrected chi connectivity index (χ0v) is 15.4. The van der Waals surface area contributed by atoms with Gasteiger partial charge in [-0.05, 0) is 57.6 Å². The zero-order chi connectivity index (χ0) is 15.8. The number of hydrogen-bond donors (Lipinski definition) is 1. The molecular formula is C18H32N2S. The Labute approximate surface area is 135 Å². The summed E-state index contributed by atoms with van der Waals surface area (Å²) >= 11 is 2.06. The van der Waals surface area contributed by atoms with Gasteiger partial charge in [0.25, 0.3) is 0 Å². The molecule has 1 unspecified atom stereocenters. The van der Waals surface area contributed by atoms with Crippen molar-refractivity contribution in [2.75, 3.05) is 38.2 Å². The van der Waals surface area contributed by atoms with Gasteiger partial charge in [-0.3, -0.25) is 0 Å². The highest BCUT2D eigenvalue weighted by molar-refractivity contribution is 7.99. The van der Waals surface area contributed by atoms with Crippen molar-refractivity contribution in [3.63, 3.8) is 0 Å². The number of nitrogens with zero attached hydrogens (tertiary/aromatic N) is 1. The first-order chi connectivity index (χ1) is 10.0. The predicted molar refractivity (Wildman–Crippen MR) is 97.6 cm³/mol. The van der Waals surface area contributed by atoms with E-state index in [9.17, 15) is 0 Å². The second kappa shape index (κ2) is 9.50. The van der Waals surface area contributed by atoms with Crippen LogP contribution in [0.4, 0.5) is 0 Å². The third kappa shape index (κ3) is 5.65. The summed E-state index contributed by atoms with van der Waals surface area (Å²) in [7, 11) is 2.08. The van der Waals surface area contributed by atoms with Crippen LogP contribution in [0.25, 0.3) is 0 Å². The molecule has 1 N–H and O–H groups in total. The molecule has 3 heteroatoms. The molecule has 21 heavy (non-hydrogen) atoms. The lowest BCUT2D eigenvalue weighted by atomic mass is 9.95. The minimum Gasteiger partial charge on any atom is -0.312 e. The lowest BCUT2D eigenvalue weighted by Gasteiger charge is -2.23. The van der Waals surface area contributed by atoms with Gasteiger partial charge in [-0.15, -0.1) is 0 Å². The molecule has 0 saturated heterocycles. The monoisotopic (exact) mass is 308 g/mol. The highest BCUT2D eigenvalue weighted by Crippen LogP contribution is 2.26. The molecule has 1 rings (SSSR count). The highest BCUT2D eigenvalue weighted by atomic mass is 32.2. The van der Waals surface area contributed by atoms with Crippen LogP contribution in [-0.4, -0.2) is 43.1 Å². The summed E-state index contributed by atoms with van der Waals surface area (Å²) in [4.78, 5) is 2.49. The number of rotatable bonds is 9. The van der Waals surface area contributed by atoms with E-state index < -0.39 is 0 Å². The van der Waals surface area contributed by atoms with E-state index in [4.69, 9.17) is 0 Å². The van der Waals surface area contributed by atoms with Crippen molar-refractivity contribution in [3.8, 4) is 0 Å².